The van der Waals surface area contributed by atoms with Gasteiger partial charge in [0, 0.05) is 18.0 Å². The average Bonchev–Trinajstić information content (AvgIpc) is 2.51. The lowest BCUT2D eigenvalue weighted by Gasteiger charge is -2.44. The van der Waals surface area contributed by atoms with Gasteiger partial charge in [0.2, 0.25) is 10.0 Å². The van der Waals surface area contributed by atoms with Gasteiger partial charge >= 0.3 is 6.09 Å². The van der Waals surface area contributed by atoms with Gasteiger partial charge in [-0.1, -0.05) is 26.8 Å². The Morgan fingerprint density at radius 1 is 1.50 bits per heavy atom. The molecule has 0 aromatic carbocycles. The summed E-state index contributed by atoms with van der Waals surface area (Å²) in [7, 11) is -3.36. The van der Waals surface area contributed by atoms with Crippen molar-refractivity contribution in [3.05, 3.63) is 11.5 Å². The van der Waals surface area contributed by atoms with E-state index >= 15 is 0 Å². The number of nitrogens with one attached hydrogen (secondary N) is 1. The van der Waals surface area contributed by atoms with Crippen LogP contribution < -0.4 is 4.72 Å². The molecule has 0 unspecified atom stereocenters. The summed E-state index contributed by atoms with van der Waals surface area (Å²) in [5.74, 6) is 0. The first-order valence-electron chi connectivity index (χ1n) is 6.75. The molecule has 2 aliphatic rings. The second-order valence-electron chi connectivity index (χ2n) is 6.95. The van der Waals surface area contributed by atoms with Gasteiger partial charge in [0.05, 0.1) is 5.54 Å². The Labute approximate surface area is 119 Å². The van der Waals surface area contributed by atoms with Crippen LogP contribution in [0.3, 0.4) is 0 Å². The van der Waals surface area contributed by atoms with Crippen LogP contribution in [0.1, 0.15) is 40.0 Å². The number of hydrogen-bond acceptors (Lipinski definition) is 3. The Kier molecular flexibility index (Phi) is 3.62. The van der Waals surface area contributed by atoms with Crippen LogP contribution in [-0.4, -0.2) is 42.6 Å². The van der Waals surface area contributed by atoms with Crippen LogP contribution in [0.5, 0.6) is 0 Å². The van der Waals surface area contributed by atoms with Gasteiger partial charge < -0.3 is 10.0 Å². The van der Waals surface area contributed by atoms with Crippen molar-refractivity contribution in [2.75, 3.05) is 6.54 Å². The lowest BCUT2D eigenvalue weighted by molar-refractivity contribution is 0.0701. The molecule has 2 heterocycles. The van der Waals surface area contributed by atoms with Gasteiger partial charge in [0.25, 0.3) is 0 Å². The van der Waals surface area contributed by atoms with Crippen molar-refractivity contribution < 1.29 is 18.3 Å². The van der Waals surface area contributed by atoms with E-state index in [0.717, 1.165) is 0 Å². The Morgan fingerprint density at radius 2 is 2.15 bits per heavy atom. The summed E-state index contributed by atoms with van der Waals surface area (Å²) >= 11 is 0. The first kappa shape index (κ1) is 15.3. The minimum atomic E-state index is -3.36. The van der Waals surface area contributed by atoms with Gasteiger partial charge in [0.1, 0.15) is 0 Å². The van der Waals surface area contributed by atoms with E-state index in [4.69, 9.17) is 0 Å². The van der Waals surface area contributed by atoms with Crippen LogP contribution in [-0.2, 0) is 10.0 Å². The van der Waals surface area contributed by atoms with Gasteiger partial charge in [-0.15, -0.1) is 0 Å². The van der Waals surface area contributed by atoms with Crippen LogP contribution in [0.2, 0.25) is 0 Å². The minimum absolute atomic E-state index is 0.0158. The van der Waals surface area contributed by atoms with Crippen molar-refractivity contribution in [3.8, 4) is 0 Å². The molecule has 20 heavy (non-hydrogen) atoms. The van der Waals surface area contributed by atoms with E-state index < -0.39 is 21.7 Å². The molecule has 0 radical (unpaired) electrons. The lowest BCUT2D eigenvalue weighted by atomic mass is 9.78. The minimum Gasteiger partial charge on any atom is -0.465 e. The summed E-state index contributed by atoms with van der Waals surface area (Å²) in [6, 6.07) is -0.174. The molecule has 114 valence electrons. The van der Waals surface area contributed by atoms with Crippen molar-refractivity contribution in [1.29, 1.82) is 0 Å². The van der Waals surface area contributed by atoms with Crippen molar-refractivity contribution >= 4 is 16.1 Å². The molecule has 0 aliphatic carbocycles. The smallest absolute Gasteiger partial charge is 0.407 e. The highest BCUT2D eigenvalue weighted by atomic mass is 32.2. The Balaban J connectivity index is 2.21. The third-order valence-corrected chi connectivity index (χ3v) is 5.03. The average molecular weight is 302 g/mol. The summed E-state index contributed by atoms with van der Waals surface area (Å²) in [5.41, 5.74) is -0.626. The molecule has 0 aromatic rings. The van der Waals surface area contributed by atoms with Crippen LogP contribution in [0.4, 0.5) is 4.79 Å². The molecule has 7 heteroatoms. The number of hydrogen-bond donors (Lipinski definition) is 2. The fraction of sp³-hybridized carbons (Fsp3) is 0.769. The number of carboxylic acid groups (broad SMARTS) is 1. The zero-order valence-electron chi connectivity index (χ0n) is 12.1. The number of piperidine rings is 1. The molecular formula is C13H22N2O4S. The predicted molar refractivity (Wildman–Crippen MR) is 75.8 cm³/mol. The Bertz CT molecular complexity index is 535. The number of likely N-dealkylation sites (tertiary alicyclic amines) is 1. The van der Waals surface area contributed by atoms with E-state index in [9.17, 15) is 18.3 Å². The van der Waals surface area contributed by atoms with E-state index in [1.54, 1.807) is 6.08 Å². The largest absolute Gasteiger partial charge is 0.465 e. The van der Waals surface area contributed by atoms with Crippen LogP contribution in [0.15, 0.2) is 11.5 Å². The first-order valence-corrected chi connectivity index (χ1v) is 8.29. The third-order valence-electron chi connectivity index (χ3n) is 3.84. The molecule has 1 spiro atoms. The summed E-state index contributed by atoms with van der Waals surface area (Å²) < 4.78 is 25.8. The predicted octanol–water partition coefficient (Wildman–Crippen LogP) is 1.75. The zero-order valence-corrected chi connectivity index (χ0v) is 12.9. The molecular weight excluding hydrogens is 280 g/mol. The molecule has 2 atom stereocenters. The van der Waals surface area contributed by atoms with Crippen molar-refractivity contribution in [2.45, 2.75) is 51.6 Å². The lowest BCUT2D eigenvalue weighted by Crippen LogP contribution is -2.57. The van der Waals surface area contributed by atoms with E-state index in [-0.39, 0.29) is 11.5 Å². The molecule has 6 nitrogen and oxygen atoms in total. The van der Waals surface area contributed by atoms with E-state index in [1.165, 1.54) is 10.3 Å². The number of carbonyl (C=O) groups is 1. The maximum absolute atomic E-state index is 11.6. The molecule has 2 aliphatic heterocycles. The van der Waals surface area contributed by atoms with Crippen molar-refractivity contribution in [1.82, 2.24) is 9.62 Å². The maximum Gasteiger partial charge on any atom is 0.407 e. The fourth-order valence-corrected chi connectivity index (χ4v) is 4.42. The first-order chi connectivity index (χ1) is 9.02. The van der Waals surface area contributed by atoms with Crippen molar-refractivity contribution in [3.63, 3.8) is 0 Å². The topological polar surface area (TPSA) is 86.7 Å². The summed E-state index contributed by atoms with van der Waals surface area (Å²) in [5, 5.41) is 10.5. The molecule has 0 saturated carbocycles. The Hall–Kier alpha value is -1.08. The molecule has 1 saturated heterocycles. The van der Waals surface area contributed by atoms with E-state index in [0.29, 0.717) is 25.8 Å². The van der Waals surface area contributed by atoms with Crippen molar-refractivity contribution in [2.24, 2.45) is 5.41 Å². The quantitative estimate of drug-likeness (QED) is 0.772. The zero-order chi connectivity index (χ0) is 15.2. The fourth-order valence-electron chi connectivity index (χ4n) is 3.09. The standard InChI is InChI=1S/C13H22N2O4S/c1-12(2,3)8-10-9-13(4-6-15(10)11(16)17)5-7-20(18,19)14-13/h5,7,10,14H,4,6,8-9H2,1-3H3,(H,16,17)/t10-,13-/m0/s1. The molecule has 0 bridgehead atoms. The van der Waals surface area contributed by atoms with Crippen LogP contribution >= 0.6 is 0 Å². The number of sulfonamides is 1. The van der Waals surface area contributed by atoms with E-state index in [1.807, 2.05) is 0 Å². The van der Waals surface area contributed by atoms with Crippen LogP contribution in [0.25, 0.3) is 0 Å². The SMILES string of the molecule is CC(C)(C)C[C@H]1C[C@@]2(C=CS(=O)(=O)N2)CCN1C(=O)O. The summed E-state index contributed by atoms with van der Waals surface area (Å²) in [6.07, 6.45) is 2.43. The number of amides is 1. The van der Waals surface area contributed by atoms with Gasteiger partial charge in [-0.25, -0.2) is 17.9 Å². The van der Waals surface area contributed by atoms with Gasteiger partial charge in [-0.05, 0) is 24.7 Å². The monoisotopic (exact) mass is 302 g/mol. The second-order valence-corrected chi connectivity index (χ2v) is 8.52. The third kappa shape index (κ3) is 3.32. The molecule has 2 rings (SSSR count). The maximum atomic E-state index is 11.6. The highest BCUT2D eigenvalue weighted by Gasteiger charge is 2.45. The summed E-state index contributed by atoms with van der Waals surface area (Å²) in [4.78, 5) is 12.8. The van der Waals surface area contributed by atoms with Crippen LogP contribution in [0, 0.1) is 5.41 Å². The Morgan fingerprint density at radius 3 is 2.60 bits per heavy atom. The highest BCUT2D eigenvalue weighted by molar-refractivity contribution is 7.92. The molecule has 1 fully saturated rings. The van der Waals surface area contributed by atoms with E-state index in [2.05, 4.69) is 25.5 Å². The number of nitrogens with zero attached hydrogens (tertiary/aromatic N) is 1. The van der Waals surface area contributed by atoms with Gasteiger partial charge in [-0.2, -0.15) is 0 Å². The van der Waals surface area contributed by atoms with Gasteiger partial charge in [-0.3, -0.25) is 0 Å². The molecule has 2 N–H and O–H groups in total. The summed E-state index contributed by atoms with van der Waals surface area (Å²) in [6.45, 7) is 6.53. The second kappa shape index (κ2) is 4.73. The number of rotatable bonds is 1. The normalized spacial score (nSPS) is 32.8. The molecule has 1 amide bonds. The van der Waals surface area contributed by atoms with Gasteiger partial charge in [0.15, 0.2) is 0 Å². The highest BCUT2D eigenvalue weighted by Crippen LogP contribution is 2.37. The molecule has 0 aromatic heterocycles.